The van der Waals surface area contributed by atoms with Gasteiger partial charge in [-0.3, -0.25) is 0 Å². The van der Waals surface area contributed by atoms with Crippen molar-refractivity contribution < 1.29 is 0 Å². The Morgan fingerprint density at radius 1 is 1.37 bits per heavy atom. The number of thiophene rings is 2. The number of hydrogen-bond donors (Lipinski definition) is 1. The standard InChI is InChI=1S/C15H20BrNS2/c1-2-8-17-15(13-10-18-11-14(13)16)7-3-5-12-6-4-9-19-12/h4,6,9-11,15,17H,2-3,5,7-8H2,1H3. The van der Waals surface area contributed by atoms with Crippen LogP contribution >= 0.6 is 38.6 Å². The Bertz CT molecular complexity index is 464. The van der Waals surface area contributed by atoms with E-state index < -0.39 is 0 Å². The minimum Gasteiger partial charge on any atom is -0.310 e. The molecule has 1 N–H and O–H groups in total. The Morgan fingerprint density at radius 3 is 2.89 bits per heavy atom. The average Bonchev–Trinajstić information content (AvgIpc) is 3.05. The van der Waals surface area contributed by atoms with Gasteiger partial charge in [0, 0.05) is 20.8 Å². The minimum atomic E-state index is 0.487. The molecule has 0 bridgehead atoms. The average molecular weight is 358 g/mol. The number of aryl methyl sites for hydroxylation is 1. The number of halogens is 1. The summed E-state index contributed by atoms with van der Waals surface area (Å²) >= 11 is 7.30. The molecule has 1 unspecified atom stereocenters. The predicted molar refractivity (Wildman–Crippen MR) is 90.3 cm³/mol. The summed E-state index contributed by atoms with van der Waals surface area (Å²) in [5.41, 5.74) is 1.42. The van der Waals surface area contributed by atoms with Crippen LogP contribution in [0.1, 0.15) is 42.7 Å². The normalized spacial score (nSPS) is 12.7. The predicted octanol–water partition coefficient (Wildman–Crippen LogP) is 5.64. The number of hydrogen-bond acceptors (Lipinski definition) is 3. The van der Waals surface area contributed by atoms with Crippen molar-refractivity contribution in [2.75, 3.05) is 6.54 Å². The fourth-order valence-corrected chi connectivity index (χ4v) is 4.54. The van der Waals surface area contributed by atoms with Crippen LogP contribution in [-0.2, 0) is 6.42 Å². The van der Waals surface area contributed by atoms with E-state index in [0.717, 1.165) is 6.54 Å². The summed E-state index contributed by atoms with van der Waals surface area (Å²) in [6.07, 6.45) is 4.82. The van der Waals surface area contributed by atoms with Crippen molar-refractivity contribution in [3.8, 4) is 0 Å². The van der Waals surface area contributed by atoms with Crippen molar-refractivity contribution in [2.45, 2.75) is 38.6 Å². The third kappa shape index (κ3) is 4.71. The van der Waals surface area contributed by atoms with Gasteiger partial charge in [0.25, 0.3) is 0 Å². The molecule has 1 atom stereocenters. The second kappa shape index (κ2) is 8.20. The molecule has 0 aromatic carbocycles. The van der Waals surface area contributed by atoms with Crippen LogP contribution in [0.4, 0.5) is 0 Å². The van der Waals surface area contributed by atoms with Gasteiger partial charge in [0.1, 0.15) is 0 Å². The first-order valence-electron chi connectivity index (χ1n) is 6.78. The van der Waals surface area contributed by atoms with Crippen molar-refractivity contribution in [3.05, 3.63) is 43.2 Å². The second-order valence-electron chi connectivity index (χ2n) is 4.65. The van der Waals surface area contributed by atoms with E-state index >= 15 is 0 Å². The molecule has 0 saturated carbocycles. The Balaban J connectivity index is 1.89. The molecular weight excluding hydrogens is 338 g/mol. The highest BCUT2D eigenvalue weighted by molar-refractivity contribution is 9.10. The lowest BCUT2D eigenvalue weighted by molar-refractivity contribution is 0.485. The fraction of sp³-hybridized carbons (Fsp3) is 0.467. The van der Waals surface area contributed by atoms with E-state index in [9.17, 15) is 0 Å². The van der Waals surface area contributed by atoms with Gasteiger partial charge >= 0.3 is 0 Å². The number of rotatable bonds is 8. The molecule has 2 heterocycles. The molecule has 0 aliphatic rings. The Hall–Kier alpha value is -0.160. The van der Waals surface area contributed by atoms with E-state index in [2.05, 4.69) is 56.4 Å². The molecule has 2 aromatic rings. The highest BCUT2D eigenvalue weighted by Gasteiger charge is 2.14. The SMILES string of the molecule is CCCNC(CCCc1cccs1)c1cscc1Br. The van der Waals surface area contributed by atoms with Gasteiger partial charge in [0.05, 0.1) is 0 Å². The van der Waals surface area contributed by atoms with E-state index in [1.165, 1.54) is 40.6 Å². The van der Waals surface area contributed by atoms with E-state index in [4.69, 9.17) is 0 Å². The zero-order valence-electron chi connectivity index (χ0n) is 11.2. The summed E-state index contributed by atoms with van der Waals surface area (Å²) in [7, 11) is 0. The maximum atomic E-state index is 3.67. The largest absolute Gasteiger partial charge is 0.310 e. The van der Waals surface area contributed by atoms with E-state index in [1.807, 2.05) is 11.3 Å². The van der Waals surface area contributed by atoms with E-state index in [0.29, 0.717) is 6.04 Å². The van der Waals surface area contributed by atoms with Crippen molar-refractivity contribution >= 4 is 38.6 Å². The fourth-order valence-electron chi connectivity index (χ4n) is 2.16. The topological polar surface area (TPSA) is 12.0 Å². The van der Waals surface area contributed by atoms with Crippen molar-refractivity contribution in [1.82, 2.24) is 5.32 Å². The summed E-state index contributed by atoms with van der Waals surface area (Å²) in [5.74, 6) is 0. The lowest BCUT2D eigenvalue weighted by atomic mass is 10.0. The maximum absolute atomic E-state index is 3.67. The number of nitrogens with one attached hydrogen (secondary N) is 1. The molecule has 2 rings (SSSR count). The first-order valence-corrected chi connectivity index (χ1v) is 9.40. The third-order valence-corrected chi connectivity index (χ3v) is 5.84. The van der Waals surface area contributed by atoms with Crippen LogP contribution < -0.4 is 5.32 Å². The summed E-state index contributed by atoms with van der Waals surface area (Å²) in [5, 5.41) is 10.3. The lowest BCUT2D eigenvalue weighted by Crippen LogP contribution is -2.22. The van der Waals surface area contributed by atoms with Crippen molar-refractivity contribution in [3.63, 3.8) is 0 Å². The van der Waals surface area contributed by atoms with Gasteiger partial charge in [-0.15, -0.1) is 11.3 Å². The summed E-state index contributed by atoms with van der Waals surface area (Å²) in [4.78, 5) is 1.50. The quantitative estimate of drug-likeness (QED) is 0.644. The molecule has 0 amide bonds. The molecule has 19 heavy (non-hydrogen) atoms. The summed E-state index contributed by atoms with van der Waals surface area (Å²) in [6.45, 7) is 3.31. The van der Waals surface area contributed by atoms with Gasteiger partial charge in [-0.25, -0.2) is 0 Å². The summed E-state index contributed by atoms with van der Waals surface area (Å²) < 4.78 is 1.25. The molecule has 0 radical (unpaired) electrons. The van der Waals surface area contributed by atoms with E-state index in [1.54, 1.807) is 11.3 Å². The van der Waals surface area contributed by atoms with Gasteiger partial charge < -0.3 is 5.32 Å². The highest BCUT2D eigenvalue weighted by atomic mass is 79.9. The molecule has 0 aliphatic carbocycles. The Labute approximate surface area is 132 Å². The van der Waals surface area contributed by atoms with Gasteiger partial charge in [-0.1, -0.05) is 13.0 Å². The lowest BCUT2D eigenvalue weighted by Gasteiger charge is -2.18. The minimum absolute atomic E-state index is 0.487. The molecule has 0 saturated heterocycles. The van der Waals surface area contributed by atoms with Crippen LogP contribution in [0.15, 0.2) is 32.7 Å². The highest BCUT2D eigenvalue weighted by Crippen LogP contribution is 2.30. The van der Waals surface area contributed by atoms with Crippen LogP contribution in [-0.4, -0.2) is 6.54 Å². The molecule has 2 aromatic heterocycles. The zero-order chi connectivity index (χ0) is 13.5. The van der Waals surface area contributed by atoms with Crippen LogP contribution in [0.5, 0.6) is 0 Å². The maximum Gasteiger partial charge on any atom is 0.0339 e. The second-order valence-corrected chi connectivity index (χ2v) is 7.28. The molecule has 0 fully saturated rings. The Morgan fingerprint density at radius 2 is 2.26 bits per heavy atom. The molecule has 1 nitrogen and oxygen atoms in total. The van der Waals surface area contributed by atoms with Crippen LogP contribution in [0.3, 0.4) is 0 Å². The molecule has 104 valence electrons. The van der Waals surface area contributed by atoms with Gasteiger partial charge in [-0.2, -0.15) is 11.3 Å². The smallest absolute Gasteiger partial charge is 0.0339 e. The van der Waals surface area contributed by atoms with Crippen molar-refractivity contribution in [2.24, 2.45) is 0 Å². The Kier molecular flexibility index (Phi) is 6.57. The third-order valence-electron chi connectivity index (χ3n) is 3.15. The van der Waals surface area contributed by atoms with Crippen molar-refractivity contribution in [1.29, 1.82) is 0 Å². The van der Waals surface area contributed by atoms with Crippen LogP contribution in [0.25, 0.3) is 0 Å². The summed E-state index contributed by atoms with van der Waals surface area (Å²) in [6, 6.07) is 4.86. The van der Waals surface area contributed by atoms with Crippen LogP contribution in [0.2, 0.25) is 0 Å². The molecule has 0 spiro atoms. The molecule has 4 heteroatoms. The zero-order valence-corrected chi connectivity index (χ0v) is 14.4. The van der Waals surface area contributed by atoms with Gasteiger partial charge in [0.2, 0.25) is 0 Å². The molecular formula is C15H20BrNS2. The molecule has 0 aliphatic heterocycles. The van der Waals surface area contributed by atoms with Gasteiger partial charge in [-0.05, 0) is 70.5 Å². The van der Waals surface area contributed by atoms with E-state index in [-0.39, 0.29) is 0 Å². The van der Waals surface area contributed by atoms with Crippen LogP contribution in [0, 0.1) is 0 Å². The first-order chi connectivity index (χ1) is 9.31. The van der Waals surface area contributed by atoms with Gasteiger partial charge in [0.15, 0.2) is 0 Å². The monoisotopic (exact) mass is 357 g/mol. The first kappa shape index (κ1) is 15.2.